The highest BCUT2D eigenvalue weighted by Gasteiger charge is 2.22. The predicted octanol–water partition coefficient (Wildman–Crippen LogP) is 3.63. The Hall–Kier alpha value is -1.93. The number of aldehydes is 1. The Morgan fingerprint density at radius 3 is 1.55 bits per heavy atom. The SMILES string of the molecule is CC.CNC(C=O)C(c1ccccc1)c1ccccc1. The number of carbonyl (C=O) groups is 1. The van der Waals surface area contributed by atoms with Gasteiger partial charge in [0.15, 0.2) is 0 Å². The van der Waals surface area contributed by atoms with Crippen LogP contribution in [0, 0.1) is 0 Å². The molecule has 0 aliphatic rings. The Labute approximate surface area is 121 Å². The van der Waals surface area contributed by atoms with Crippen LogP contribution in [0.4, 0.5) is 0 Å². The lowest BCUT2D eigenvalue weighted by molar-refractivity contribution is -0.109. The first-order valence-electron chi connectivity index (χ1n) is 7.09. The number of rotatable bonds is 5. The molecule has 1 atom stereocenters. The molecule has 2 aromatic carbocycles. The molecule has 1 unspecified atom stereocenters. The van der Waals surface area contributed by atoms with E-state index >= 15 is 0 Å². The molecule has 2 aromatic rings. The van der Waals surface area contributed by atoms with Crippen LogP contribution in [-0.2, 0) is 4.79 Å². The number of likely N-dealkylation sites (N-methyl/N-ethyl adjacent to an activating group) is 1. The predicted molar refractivity (Wildman–Crippen MR) is 85.0 cm³/mol. The zero-order valence-corrected chi connectivity index (χ0v) is 12.4. The molecule has 1 N–H and O–H groups in total. The van der Waals surface area contributed by atoms with E-state index in [9.17, 15) is 4.79 Å². The van der Waals surface area contributed by atoms with Crippen molar-refractivity contribution in [2.24, 2.45) is 0 Å². The third kappa shape index (κ3) is 4.04. The van der Waals surface area contributed by atoms with Gasteiger partial charge in [-0.1, -0.05) is 74.5 Å². The molecule has 0 bridgehead atoms. The number of carbonyl (C=O) groups excluding carboxylic acids is 1. The molecule has 0 saturated heterocycles. The largest absolute Gasteiger partial charge is 0.310 e. The molecule has 0 heterocycles. The van der Waals surface area contributed by atoms with E-state index in [1.54, 1.807) is 0 Å². The van der Waals surface area contributed by atoms with E-state index in [1.165, 1.54) is 0 Å². The first-order chi connectivity index (χ1) is 9.86. The third-order valence-corrected chi connectivity index (χ3v) is 3.16. The van der Waals surface area contributed by atoms with Crippen LogP contribution in [0.3, 0.4) is 0 Å². The molecular formula is C18H23NO. The van der Waals surface area contributed by atoms with E-state index in [1.807, 2.05) is 57.3 Å². The van der Waals surface area contributed by atoms with Gasteiger partial charge in [-0.2, -0.15) is 0 Å². The molecule has 0 fully saturated rings. The van der Waals surface area contributed by atoms with Crippen LogP contribution in [0.25, 0.3) is 0 Å². The average Bonchev–Trinajstić information content (AvgIpc) is 2.56. The molecule has 2 heteroatoms. The van der Waals surface area contributed by atoms with Crippen LogP contribution in [0.1, 0.15) is 30.9 Å². The van der Waals surface area contributed by atoms with E-state index in [-0.39, 0.29) is 12.0 Å². The van der Waals surface area contributed by atoms with Crippen molar-refractivity contribution in [1.82, 2.24) is 5.32 Å². The van der Waals surface area contributed by atoms with Crippen molar-refractivity contribution < 1.29 is 4.79 Å². The van der Waals surface area contributed by atoms with Gasteiger partial charge in [-0.3, -0.25) is 0 Å². The monoisotopic (exact) mass is 269 g/mol. The van der Waals surface area contributed by atoms with Crippen molar-refractivity contribution in [3.05, 3.63) is 71.8 Å². The van der Waals surface area contributed by atoms with E-state index in [2.05, 4.69) is 29.6 Å². The quantitative estimate of drug-likeness (QED) is 0.840. The van der Waals surface area contributed by atoms with Gasteiger partial charge in [-0.25, -0.2) is 0 Å². The van der Waals surface area contributed by atoms with Gasteiger partial charge < -0.3 is 10.1 Å². The van der Waals surface area contributed by atoms with Crippen molar-refractivity contribution in [2.45, 2.75) is 25.8 Å². The summed E-state index contributed by atoms with van der Waals surface area (Å²) in [6.45, 7) is 4.00. The fraction of sp³-hybridized carbons (Fsp3) is 0.278. The van der Waals surface area contributed by atoms with Crippen molar-refractivity contribution in [3.63, 3.8) is 0 Å². The van der Waals surface area contributed by atoms with Crippen molar-refractivity contribution in [2.75, 3.05) is 7.05 Å². The van der Waals surface area contributed by atoms with E-state index < -0.39 is 0 Å². The second-order valence-corrected chi connectivity index (χ2v) is 4.25. The van der Waals surface area contributed by atoms with E-state index in [0.717, 1.165) is 17.4 Å². The summed E-state index contributed by atoms with van der Waals surface area (Å²) in [7, 11) is 1.82. The van der Waals surface area contributed by atoms with Crippen LogP contribution in [0.2, 0.25) is 0 Å². The average molecular weight is 269 g/mol. The second kappa shape index (κ2) is 9.05. The molecule has 0 aliphatic carbocycles. The summed E-state index contributed by atoms with van der Waals surface area (Å²) >= 11 is 0. The lowest BCUT2D eigenvalue weighted by atomic mass is 9.86. The second-order valence-electron chi connectivity index (χ2n) is 4.25. The summed E-state index contributed by atoms with van der Waals surface area (Å²) in [5, 5.41) is 3.08. The number of benzene rings is 2. The maximum Gasteiger partial charge on any atom is 0.137 e. The first kappa shape index (κ1) is 16.1. The summed E-state index contributed by atoms with van der Waals surface area (Å²) in [6.07, 6.45) is 0.977. The maximum atomic E-state index is 11.3. The van der Waals surface area contributed by atoms with Crippen molar-refractivity contribution in [1.29, 1.82) is 0 Å². The summed E-state index contributed by atoms with van der Waals surface area (Å²) in [6, 6.07) is 20.0. The minimum absolute atomic E-state index is 0.0508. The van der Waals surface area contributed by atoms with Gasteiger partial charge in [0.2, 0.25) is 0 Å². The van der Waals surface area contributed by atoms with Crippen LogP contribution in [0.5, 0.6) is 0 Å². The number of nitrogens with one attached hydrogen (secondary N) is 1. The number of hydrogen-bond acceptors (Lipinski definition) is 2. The van der Waals surface area contributed by atoms with Crippen LogP contribution >= 0.6 is 0 Å². The van der Waals surface area contributed by atoms with Gasteiger partial charge in [0, 0.05) is 5.92 Å². The molecule has 0 amide bonds. The van der Waals surface area contributed by atoms with Crippen LogP contribution in [-0.4, -0.2) is 19.4 Å². The topological polar surface area (TPSA) is 29.1 Å². The van der Waals surface area contributed by atoms with Crippen LogP contribution in [0.15, 0.2) is 60.7 Å². The van der Waals surface area contributed by atoms with Crippen molar-refractivity contribution >= 4 is 6.29 Å². The zero-order valence-electron chi connectivity index (χ0n) is 12.4. The molecule has 0 radical (unpaired) electrons. The van der Waals surface area contributed by atoms with Crippen LogP contribution < -0.4 is 5.32 Å². The molecule has 0 aliphatic heterocycles. The molecule has 0 spiro atoms. The van der Waals surface area contributed by atoms with E-state index in [0.29, 0.717) is 0 Å². The maximum absolute atomic E-state index is 11.3. The van der Waals surface area contributed by atoms with Gasteiger partial charge in [0.05, 0.1) is 6.04 Å². The van der Waals surface area contributed by atoms with Gasteiger partial charge >= 0.3 is 0 Å². The Bertz CT molecular complexity index is 442. The summed E-state index contributed by atoms with van der Waals surface area (Å²) in [5.41, 5.74) is 2.30. The Balaban J connectivity index is 0.000000956. The van der Waals surface area contributed by atoms with Gasteiger partial charge in [-0.05, 0) is 18.2 Å². The fourth-order valence-corrected chi connectivity index (χ4v) is 2.24. The minimum atomic E-state index is -0.213. The third-order valence-electron chi connectivity index (χ3n) is 3.16. The lowest BCUT2D eigenvalue weighted by Crippen LogP contribution is -2.34. The molecule has 2 nitrogen and oxygen atoms in total. The number of hydrogen-bond donors (Lipinski definition) is 1. The van der Waals surface area contributed by atoms with Gasteiger partial charge in [0.1, 0.15) is 6.29 Å². The Kier molecular flexibility index (Phi) is 7.30. The molecule has 0 aromatic heterocycles. The molecule has 106 valence electrons. The molecule has 2 rings (SSSR count). The van der Waals surface area contributed by atoms with E-state index in [4.69, 9.17) is 0 Å². The molecular weight excluding hydrogens is 246 g/mol. The molecule has 0 saturated carbocycles. The highest BCUT2D eigenvalue weighted by atomic mass is 16.1. The Morgan fingerprint density at radius 2 is 1.25 bits per heavy atom. The van der Waals surface area contributed by atoms with Gasteiger partial charge in [-0.15, -0.1) is 0 Å². The smallest absolute Gasteiger partial charge is 0.137 e. The summed E-state index contributed by atoms with van der Waals surface area (Å²) in [5.74, 6) is 0.0508. The highest BCUT2D eigenvalue weighted by Crippen LogP contribution is 2.27. The molecule has 20 heavy (non-hydrogen) atoms. The van der Waals surface area contributed by atoms with Crippen molar-refractivity contribution in [3.8, 4) is 0 Å². The lowest BCUT2D eigenvalue weighted by Gasteiger charge is -2.23. The van der Waals surface area contributed by atoms with Gasteiger partial charge in [0.25, 0.3) is 0 Å². The normalized spacial score (nSPS) is 11.4. The first-order valence-corrected chi connectivity index (χ1v) is 7.09. The highest BCUT2D eigenvalue weighted by molar-refractivity contribution is 5.62. The Morgan fingerprint density at radius 1 is 0.850 bits per heavy atom. The standard InChI is InChI=1S/C16H17NO.C2H6/c1-17-15(12-18)16(13-8-4-2-5-9-13)14-10-6-3-7-11-14;1-2/h2-12,15-17H,1H3;1-2H3. The zero-order chi connectivity index (χ0) is 14.8. The minimum Gasteiger partial charge on any atom is -0.310 e. The summed E-state index contributed by atoms with van der Waals surface area (Å²) in [4.78, 5) is 11.3. The summed E-state index contributed by atoms with van der Waals surface area (Å²) < 4.78 is 0. The fourth-order valence-electron chi connectivity index (χ4n) is 2.24.